The number of carbonyl (C=O) groups excluding carboxylic acids is 2. The van der Waals surface area contributed by atoms with Gasteiger partial charge in [0.05, 0.1) is 24.3 Å². The molecule has 0 aliphatic heterocycles. The van der Waals surface area contributed by atoms with Gasteiger partial charge < -0.3 is 20.1 Å². The van der Waals surface area contributed by atoms with Gasteiger partial charge in [0.25, 0.3) is 5.91 Å². The second-order valence-electron chi connectivity index (χ2n) is 8.02. The lowest BCUT2D eigenvalue weighted by Crippen LogP contribution is -2.49. The number of alkyl halides is 3. The van der Waals surface area contributed by atoms with E-state index in [2.05, 4.69) is 10.6 Å². The number of ether oxygens (including phenoxy) is 2. The smallest absolute Gasteiger partial charge is 0.416 e. The molecule has 0 radical (unpaired) electrons. The molecular weight excluding hydrogens is 421 g/mol. The molecule has 0 unspecified atom stereocenters. The zero-order valence-electron chi connectivity index (χ0n) is 17.6. The Kier molecular flexibility index (Phi) is 7.54. The summed E-state index contributed by atoms with van der Waals surface area (Å²) in [6, 6.07) is 1.06. The Balaban J connectivity index is 2.21. The lowest BCUT2D eigenvalue weighted by atomic mass is 10.1. The minimum absolute atomic E-state index is 0.0425. The summed E-state index contributed by atoms with van der Waals surface area (Å²) in [5.74, 6) is -0.700. The number of rotatable bonds is 5. The zero-order chi connectivity index (χ0) is 22.7. The second-order valence-corrected chi connectivity index (χ2v) is 8.87. The number of nitrogens with one attached hydrogen (secondary N) is 2. The van der Waals surface area contributed by atoms with Crippen LogP contribution in [0.1, 0.15) is 56.0 Å². The van der Waals surface area contributed by atoms with Crippen molar-refractivity contribution in [3.05, 3.63) is 23.3 Å². The molecule has 30 heavy (non-hydrogen) atoms. The first kappa shape index (κ1) is 24.2. The first-order valence-corrected chi connectivity index (χ1v) is 10.7. The van der Waals surface area contributed by atoms with Gasteiger partial charge in [0, 0.05) is 10.9 Å². The quantitative estimate of drug-likeness (QED) is 0.644. The van der Waals surface area contributed by atoms with Crippen LogP contribution in [-0.4, -0.2) is 43.1 Å². The van der Waals surface area contributed by atoms with Crippen molar-refractivity contribution in [2.75, 3.05) is 13.4 Å². The van der Waals surface area contributed by atoms with Crippen LogP contribution in [0.3, 0.4) is 0 Å². The van der Waals surface area contributed by atoms with Gasteiger partial charge in [0.2, 0.25) is 0 Å². The van der Waals surface area contributed by atoms with Crippen molar-refractivity contribution < 1.29 is 32.2 Å². The second kappa shape index (κ2) is 9.36. The van der Waals surface area contributed by atoms with Crippen molar-refractivity contribution in [2.45, 2.75) is 68.8 Å². The molecule has 1 aromatic carbocycles. The van der Waals surface area contributed by atoms with Crippen LogP contribution < -0.4 is 15.4 Å². The van der Waals surface area contributed by atoms with E-state index < -0.39 is 29.3 Å². The highest BCUT2D eigenvalue weighted by atomic mass is 32.2. The van der Waals surface area contributed by atoms with Crippen molar-refractivity contribution in [3.63, 3.8) is 0 Å². The van der Waals surface area contributed by atoms with Crippen molar-refractivity contribution in [1.29, 1.82) is 0 Å². The fourth-order valence-corrected chi connectivity index (χ4v) is 3.95. The van der Waals surface area contributed by atoms with Gasteiger partial charge in [0.1, 0.15) is 11.4 Å². The van der Waals surface area contributed by atoms with Gasteiger partial charge in [-0.05, 0) is 58.4 Å². The van der Waals surface area contributed by atoms with E-state index in [4.69, 9.17) is 9.47 Å². The Bertz CT molecular complexity index is 768. The number of hydrogen-bond donors (Lipinski definition) is 2. The van der Waals surface area contributed by atoms with Crippen molar-refractivity contribution >= 4 is 23.8 Å². The summed E-state index contributed by atoms with van der Waals surface area (Å²) in [4.78, 5) is 25.2. The van der Waals surface area contributed by atoms with Gasteiger partial charge in [0.15, 0.2) is 0 Å². The van der Waals surface area contributed by atoms with E-state index in [1.165, 1.54) is 7.11 Å². The van der Waals surface area contributed by atoms with Gasteiger partial charge in [-0.25, -0.2) is 4.79 Å². The van der Waals surface area contributed by atoms with Crippen LogP contribution in [0.4, 0.5) is 18.0 Å². The monoisotopic (exact) mass is 448 g/mol. The minimum Gasteiger partial charge on any atom is -0.496 e. The van der Waals surface area contributed by atoms with Crippen LogP contribution in [0.25, 0.3) is 0 Å². The van der Waals surface area contributed by atoms with Crippen LogP contribution >= 0.6 is 11.8 Å². The average Bonchev–Trinajstić information content (AvgIpc) is 3.04. The Labute approximate surface area is 178 Å². The van der Waals surface area contributed by atoms with Crippen LogP contribution in [-0.2, 0) is 10.9 Å². The summed E-state index contributed by atoms with van der Waals surface area (Å²) in [5.41, 5.74) is -1.49. The van der Waals surface area contributed by atoms with Crippen molar-refractivity contribution in [3.8, 4) is 5.75 Å². The first-order valence-electron chi connectivity index (χ1n) is 9.49. The van der Waals surface area contributed by atoms with Crippen molar-refractivity contribution in [2.24, 2.45) is 0 Å². The van der Waals surface area contributed by atoms with Crippen LogP contribution in [0.15, 0.2) is 17.0 Å². The SMILES string of the molecule is COc1cc(C(F)(F)F)cc(SC)c1C(=O)N[C@@H]1CCC[C@@H]1NC(=O)OC(C)(C)C. The topological polar surface area (TPSA) is 76.7 Å². The Hall–Kier alpha value is -2.10. The van der Waals surface area contributed by atoms with E-state index in [-0.39, 0.29) is 28.3 Å². The van der Waals surface area contributed by atoms with Gasteiger partial charge >= 0.3 is 12.3 Å². The summed E-state index contributed by atoms with van der Waals surface area (Å²) in [5, 5.41) is 5.60. The lowest BCUT2D eigenvalue weighted by molar-refractivity contribution is -0.137. The van der Waals surface area contributed by atoms with Crippen LogP contribution in [0, 0.1) is 0 Å². The summed E-state index contributed by atoms with van der Waals surface area (Å²) < 4.78 is 49.8. The summed E-state index contributed by atoms with van der Waals surface area (Å²) >= 11 is 1.03. The Morgan fingerprint density at radius 1 is 1.10 bits per heavy atom. The number of benzene rings is 1. The normalized spacial score (nSPS) is 19.3. The highest BCUT2D eigenvalue weighted by molar-refractivity contribution is 7.98. The first-order chi connectivity index (χ1) is 13.9. The van der Waals surface area contributed by atoms with Gasteiger partial charge in [-0.1, -0.05) is 0 Å². The highest BCUT2D eigenvalue weighted by Crippen LogP contribution is 2.38. The predicted octanol–water partition coefficient (Wildman–Crippen LogP) is 4.61. The summed E-state index contributed by atoms with van der Waals surface area (Å²) in [6.45, 7) is 5.25. The number of methoxy groups -OCH3 is 1. The summed E-state index contributed by atoms with van der Waals surface area (Å²) in [6.07, 6.45) is -1.47. The van der Waals surface area contributed by atoms with E-state index in [0.717, 1.165) is 30.3 Å². The molecule has 0 bridgehead atoms. The van der Waals surface area contributed by atoms with Crippen LogP contribution in [0.2, 0.25) is 0 Å². The highest BCUT2D eigenvalue weighted by Gasteiger charge is 2.35. The van der Waals surface area contributed by atoms with Crippen LogP contribution in [0.5, 0.6) is 5.75 Å². The number of hydrogen-bond acceptors (Lipinski definition) is 5. The van der Waals surface area contributed by atoms with Crippen molar-refractivity contribution in [1.82, 2.24) is 10.6 Å². The maximum atomic E-state index is 13.2. The van der Waals surface area contributed by atoms with E-state index in [0.29, 0.717) is 12.8 Å². The third kappa shape index (κ3) is 6.20. The molecule has 2 atom stereocenters. The molecule has 1 aliphatic carbocycles. The van der Waals surface area contributed by atoms with Gasteiger partial charge in [-0.3, -0.25) is 4.79 Å². The number of halogens is 3. The fourth-order valence-electron chi connectivity index (χ4n) is 3.30. The molecule has 0 spiro atoms. The number of thioether (sulfide) groups is 1. The Morgan fingerprint density at radius 3 is 2.20 bits per heavy atom. The molecule has 10 heteroatoms. The Morgan fingerprint density at radius 2 is 1.70 bits per heavy atom. The molecular formula is C20H27F3N2O4S. The van der Waals surface area contributed by atoms with E-state index in [1.54, 1.807) is 27.0 Å². The maximum Gasteiger partial charge on any atom is 0.416 e. The molecule has 0 saturated heterocycles. The number of carbonyl (C=O) groups is 2. The molecule has 1 aromatic rings. The minimum atomic E-state index is -4.55. The molecule has 2 N–H and O–H groups in total. The fraction of sp³-hybridized carbons (Fsp3) is 0.600. The molecule has 6 nitrogen and oxygen atoms in total. The molecule has 2 amide bonds. The predicted molar refractivity (Wildman–Crippen MR) is 108 cm³/mol. The largest absolute Gasteiger partial charge is 0.496 e. The van der Waals surface area contributed by atoms with Gasteiger partial charge in [-0.2, -0.15) is 13.2 Å². The molecule has 1 saturated carbocycles. The summed E-state index contributed by atoms with van der Waals surface area (Å²) in [7, 11) is 1.22. The number of alkyl carbamates (subject to hydrolysis) is 1. The lowest BCUT2D eigenvalue weighted by Gasteiger charge is -2.26. The maximum absolute atomic E-state index is 13.2. The third-order valence-corrected chi connectivity index (χ3v) is 5.36. The average molecular weight is 449 g/mol. The molecule has 168 valence electrons. The standard InChI is InChI=1S/C20H27F3N2O4S/c1-19(2,3)29-18(27)25-13-8-6-7-12(13)24-17(26)16-14(28-4)9-11(20(21,22)23)10-15(16)30-5/h9-10,12-13H,6-8H2,1-5H3,(H,24,26)(H,25,27)/t12-,13+/m1/s1. The number of amides is 2. The molecule has 0 heterocycles. The van der Waals surface area contributed by atoms with E-state index in [9.17, 15) is 22.8 Å². The third-order valence-electron chi connectivity index (χ3n) is 4.59. The molecule has 1 fully saturated rings. The molecule has 2 rings (SSSR count). The zero-order valence-corrected chi connectivity index (χ0v) is 18.4. The van der Waals surface area contributed by atoms with E-state index in [1.807, 2.05) is 0 Å². The molecule has 1 aliphatic rings. The van der Waals surface area contributed by atoms with E-state index >= 15 is 0 Å². The molecule has 0 aromatic heterocycles. The van der Waals surface area contributed by atoms with Gasteiger partial charge in [-0.15, -0.1) is 11.8 Å².